The van der Waals surface area contributed by atoms with Crippen LogP contribution in [0.15, 0.2) is 152 Å². The lowest BCUT2D eigenvalue weighted by Crippen LogP contribution is -2.70. The fraction of sp³-hybridized carbons (Fsp3) is 0.250. The molecule has 340 valence electrons. The van der Waals surface area contributed by atoms with Gasteiger partial charge in [-0.3, -0.25) is 14.5 Å². The molecule has 0 unspecified atom stereocenters. The van der Waals surface area contributed by atoms with Crippen molar-refractivity contribution in [3.63, 3.8) is 0 Å². The van der Waals surface area contributed by atoms with Gasteiger partial charge in [-0.25, -0.2) is 9.79 Å². The number of amidine groups is 1. The Morgan fingerprint density at radius 3 is 2.09 bits per heavy atom. The summed E-state index contributed by atoms with van der Waals surface area (Å²) in [6, 6.07) is 47.2. The molecule has 68 heavy (non-hydrogen) atoms. The molecular weight excluding hydrogens is 855 g/mol. The number of hydrogen-bond donors (Lipinski definition) is 2. The topological polar surface area (TPSA) is 126 Å². The second-order valence-corrected chi connectivity index (χ2v) is 17.8. The minimum absolute atomic E-state index is 0.0688. The first-order valence-electron chi connectivity index (χ1n) is 23.1. The number of esters is 1. The van der Waals surface area contributed by atoms with Crippen LogP contribution in [0.25, 0.3) is 0 Å². The number of nitrogens with one attached hydrogen (secondary N) is 1. The number of fused-ring (bicyclic) bond motifs is 3. The molecule has 12 nitrogen and oxygen atoms in total. The molecule has 6 aromatic carbocycles. The normalized spacial score (nSPS) is 23.7. The lowest BCUT2D eigenvalue weighted by atomic mass is 9.66. The van der Waals surface area contributed by atoms with E-state index in [-0.39, 0.29) is 25.0 Å². The quantitative estimate of drug-likeness (QED) is 0.141. The molecule has 4 saturated heterocycles. The minimum Gasteiger partial charge on any atom is -0.497 e. The van der Waals surface area contributed by atoms with Crippen molar-refractivity contribution in [2.75, 3.05) is 56.3 Å². The number of hydrogen-bond acceptors (Lipinski definition) is 9. The van der Waals surface area contributed by atoms with Gasteiger partial charge in [-0.15, -0.1) is 0 Å². The molecule has 0 saturated carbocycles. The summed E-state index contributed by atoms with van der Waals surface area (Å²) in [6.07, 6.45) is -0.719. The number of ether oxygens (including phenoxy) is 3. The van der Waals surface area contributed by atoms with E-state index >= 15 is 9.59 Å². The van der Waals surface area contributed by atoms with E-state index in [1.807, 2.05) is 138 Å². The highest BCUT2D eigenvalue weighted by molar-refractivity contribution is 6.29. The summed E-state index contributed by atoms with van der Waals surface area (Å²) in [4.78, 5) is 55.4. The Bertz CT molecular complexity index is 3000. The number of piperazine rings is 1. The first-order chi connectivity index (χ1) is 33.3. The molecule has 2 N–H and O–H groups in total. The highest BCUT2D eigenvalue weighted by atomic mass is 16.6. The van der Waals surface area contributed by atoms with Crippen molar-refractivity contribution in [3.05, 3.63) is 185 Å². The molecule has 6 aromatic rings. The standard InChI is InChI=1S/C56H49N5O7/c1-36(63)58-28-30-59(31-29-58)42-21-23-43(24-22-42)60-53(64)48-50-54(65)68-51(40-12-7-4-8-13-40)49(39-10-5-3-6-11-39)61(50)52(41-14-9-15-45(35-41)67-33-32-62)56(48)46-34-38(20-27-47(46)57-55(56)60)17-16-37-18-25-44(66-2)26-19-37/h3-15,18-27,34-35,48-52,62H,28-33H2,1-2H3/p+1/t48-,49-,50-,51+,52+,56-/m1/s1. The fourth-order valence-corrected chi connectivity index (χ4v) is 11.3. The Hall–Kier alpha value is -7.72. The van der Waals surface area contributed by atoms with Crippen LogP contribution in [0.1, 0.15) is 58.5 Å². The van der Waals surface area contributed by atoms with Crippen molar-refractivity contribution < 1.29 is 38.7 Å². The molecule has 0 aliphatic carbocycles. The van der Waals surface area contributed by atoms with Crippen molar-refractivity contribution in [1.29, 1.82) is 0 Å². The van der Waals surface area contributed by atoms with Gasteiger partial charge in [-0.05, 0) is 95.6 Å². The van der Waals surface area contributed by atoms with Gasteiger partial charge in [0.25, 0.3) is 5.84 Å². The Balaban J connectivity index is 1.12. The maximum Gasteiger partial charge on any atom is 0.325 e. The molecule has 0 bridgehead atoms. The van der Waals surface area contributed by atoms with E-state index in [0.29, 0.717) is 43.5 Å². The zero-order valence-corrected chi connectivity index (χ0v) is 37.7. The average molecular weight is 905 g/mol. The van der Waals surface area contributed by atoms with Crippen LogP contribution in [-0.2, 0) is 24.5 Å². The summed E-state index contributed by atoms with van der Waals surface area (Å²) >= 11 is 0. The predicted octanol–water partition coefficient (Wildman–Crippen LogP) is 5.62. The van der Waals surface area contributed by atoms with Gasteiger partial charge in [0.15, 0.2) is 0 Å². The molecule has 4 fully saturated rings. The van der Waals surface area contributed by atoms with Crippen LogP contribution in [0.3, 0.4) is 0 Å². The van der Waals surface area contributed by atoms with E-state index in [9.17, 15) is 9.90 Å². The Labute approximate surface area is 395 Å². The van der Waals surface area contributed by atoms with Gasteiger partial charge < -0.3 is 29.1 Å². The van der Waals surface area contributed by atoms with Gasteiger partial charge in [-0.2, -0.15) is 4.90 Å². The van der Waals surface area contributed by atoms with Crippen molar-refractivity contribution >= 4 is 40.7 Å². The van der Waals surface area contributed by atoms with Gasteiger partial charge in [0.05, 0.1) is 25.8 Å². The van der Waals surface area contributed by atoms with Gasteiger partial charge >= 0.3 is 11.9 Å². The third-order valence-electron chi connectivity index (χ3n) is 14.2. The molecule has 1 spiro atoms. The van der Waals surface area contributed by atoms with Crippen LogP contribution in [0.5, 0.6) is 11.5 Å². The maximum atomic E-state index is 16.0. The molecule has 12 heteroatoms. The summed E-state index contributed by atoms with van der Waals surface area (Å²) < 4.78 is 18.2. The Kier molecular flexibility index (Phi) is 11.0. The smallest absolute Gasteiger partial charge is 0.325 e. The second kappa shape index (κ2) is 17.5. The Morgan fingerprint density at radius 2 is 1.40 bits per heavy atom. The first-order valence-corrected chi connectivity index (χ1v) is 23.1. The van der Waals surface area contributed by atoms with E-state index in [2.05, 4.69) is 44.8 Å². The van der Waals surface area contributed by atoms with Crippen molar-refractivity contribution in [2.45, 2.75) is 36.6 Å². The van der Waals surface area contributed by atoms with Gasteiger partial charge in [0, 0.05) is 55.5 Å². The molecule has 2 amide bonds. The van der Waals surface area contributed by atoms with Crippen molar-refractivity contribution in [3.8, 4) is 23.3 Å². The van der Waals surface area contributed by atoms with Crippen molar-refractivity contribution in [1.82, 2.24) is 9.80 Å². The number of aliphatic hydroxyl groups is 1. The van der Waals surface area contributed by atoms with Crippen LogP contribution in [0.4, 0.5) is 17.1 Å². The predicted molar refractivity (Wildman–Crippen MR) is 256 cm³/mol. The summed E-state index contributed by atoms with van der Waals surface area (Å²) in [6.45, 7) is 4.19. The van der Waals surface area contributed by atoms with E-state index < -0.39 is 41.5 Å². The van der Waals surface area contributed by atoms with E-state index in [1.54, 1.807) is 18.9 Å². The molecule has 5 aliphatic rings. The van der Waals surface area contributed by atoms with E-state index in [4.69, 9.17) is 14.2 Å². The molecule has 0 radical (unpaired) electrons. The van der Waals surface area contributed by atoms with Crippen LogP contribution in [-0.4, -0.2) is 91.1 Å². The number of nitrogens with zero attached hydrogens (tertiary/aromatic N) is 4. The summed E-state index contributed by atoms with van der Waals surface area (Å²) in [5.74, 6) is 7.06. The number of carbonyl (C=O) groups is 3. The lowest BCUT2D eigenvalue weighted by molar-refractivity contribution is -0.351. The summed E-state index contributed by atoms with van der Waals surface area (Å²) in [5.41, 5.74) is 6.25. The number of methoxy groups -OCH3 is 1. The number of amides is 2. The summed E-state index contributed by atoms with van der Waals surface area (Å²) in [7, 11) is 1.63. The molecular formula is C56H50N5O7+. The van der Waals surface area contributed by atoms with Gasteiger partial charge in [-0.1, -0.05) is 84.6 Å². The highest BCUT2D eigenvalue weighted by Crippen LogP contribution is 2.66. The zero-order chi connectivity index (χ0) is 46.5. The Morgan fingerprint density at radius 1 is 0.735 bits per heavy atom. The minimum atomic E-state index is -1.19. The van der Waals surface area contributed by atoms with Crippen LogP contribution in [0.2, 0.25) is 0 Å². The van der Waals surface area contributed by atoms with Crippen LogP contribution >= 0.6 is 0 Å². The van der Waals surface area contributed by atoms with Gasteiger partial charge in [0.1, 0.15) is 53.0 Å². The largest absolute Gasteiger partial charge is 0.497 e. The number of anilines is 2. The van der Waals surface area contributed by atoms with Gasteiger partial charge in [0.2, 0.25) is 5.91 Å². The number of carbonyl (C=O) groups excluding carboxylic acids is 3. The monoisotopic (exact) mass is 904 g/mol. The fourth-order valence-electron chi connectivity index (χ4n) is 11.3. The van der Waals surface area contributed by atoms with Crippen LogP contribution in [0, 0.1) is 17.8 Å². The average Bonchev–Trinajstić information content (AvgIpc) is 3.96. The maximum absolute atomic E-state index is 16.0. The SMILES string of the molecule is COc1ccc(C#Cc2ccc3c(c2)[C@@]24C(=[NH+]3)N(c3ccc(N5CCN(C(C)=O)CC5)cc3)C(=O)[C@H]2[C@@H]2C(=O)O[C@@H](c3ccccc3)[C@@H](c3ccccc3)N2[C@H]4c2cccc(OCCO)c2)cc1. The number of morpholine rings is 1. The third kappa shape index (κ3) is 7.09. The molecule has 11 rings (SSSR count). The molecule has 5 aliphatic heterocycles. The zero-order valence-electron chi connectivity index (χ0n) is 37.7. The lowest BCUT2D eigenvalue weighted by Gasteiger charge is -2.46. The number of rotatable bonds is 9. The molecule has 0 aromatic heterocycles. The molecule has 5 heterocycles. The number of aliphatic hydroxyl groups excluding tert-OH is 1. The third-order valence-corrected chi connectivity index (χ3v) is 14.2. The van der Waals surface area contributed by atoms with E-state index in [1.165, 1.54) is 0 Å². The second-order valence-electron chi connectivity index (χ2n) is 17.8. The molecule has 6 atom stereocenters. The number of benzene rings is 6. The highest BCUT2D eigenvalue weighted by Gasteiger charge is 2.81. The van der Waals surface area contributed by atoms with Crippen LogP contribution < -0.4 is 24.3 Å². The first kappa shape index (κ1) is 42.9. The van der Waals surface area contributed by atoms with Crippen molar-refractivity contribution in [2.24, 2.45) is 5.92 Å². The summed E-state index contributed by atoms with van der Waals surface area (Å²) in [5, 5.41) is 9.83. The number of cyclic esters (lactones) is 1. The van der Waals surface area contributed by atoms with E-state index in [0.717, 1.165) is 50.5 Å².